The summed E-state index contributed by atoms with van der Waals surface area (Å²) < 4.78 is 9.75. The van der Waals surface area contributed by atoms with Crippen molar-refractivity contribution in [2.75, 3.05) is 24.3 Å². The number of rotatable bonds is 6. The highest BCUT2D eigenvalue weighted by atomic mass is 35.5. The van der Waals surface area contributed by atoms with Gasteiger partial charge in [0.1, 0.15) is 5.00 Å². The smallest absolute Gasteiger partial charge is 0.255 e. The molecule has 0 radical (unpaired) electrons. The van der Waals surface area contributed by atoms with Gasteiger partial charge in [0.05, 0.1) is 46.2 Å². The number of carbonyl (C=O) groups is 1. The molecule has 4 heterocycles. The first kappa shape index (κ1) is 21.2. The number of aromatic amines is 1. The number of amides is 1. The van der Waals surface area contributed by atoms with Crippen LogP contribution in [0, 0.1) is 6.92 Å². The van der Waals surface area contributed by atoms with Crippen molar-refractivity contribution in [1.29, 1.82) is 0 Å². The van der Waals surface area contributed by atoms with Gasteiger partial charge in [-0.2, -0.15) is 4.37 Å². The zero-order chi connectivity index (χ0) is 22.9. The van der Waals surface area contributed by atoms with Gasteiger partial charge in [0.15, 0.2) is 5.75 Å². The number of fused-ring (bicyclic) bond motifs is 1. The Kier molecular flexibility index (Phi) is 5.61. The van der Waals surface area contributed by atoms with Crippen molar-refractivity contribution >= 4 is 51.4 Å². The summed E-state index contributed by atoms with van der Waals surface area (Å²) in [5.74, 6) is 0.760. The Morgan fingerprint density at radius 1 is 1.24 bits per heavy atom. The SMILES string of the molecule is COc1c(Cl)cccc1Nc1c(-c2ccnc(Nc3cc(C)ns3)n2)[nH]c2c1C(=O)NCC2. The standard InChI is InChI=1S/C22H20ClN7O2S/c1-11-10-16(33-30-11)29-22-25-9-7-14(28-22)18-19(17-13(26-18)6-8-24-21(17)31)27-15-5-3-4-12(23)20(15)32-2/h3-5,7,9-10,26-27H,6,8H2,1-2H3,(H,24,31)(H,25,28,29). The second kappa shape index (κ2) is 8.72. The summed E-state index contributed by atoms with van der Waals surface area (Å²) in [7, 11) is 1.55. The quantitative estimate of drug-likeness (QED) is 0.316. The lowest BCUT2D eigenvalue weighted by Gasteiger charge is -2.17. The van der Waals surface area contributed by atoms with Gasteiger partial charge in [-0.1, -0.05) is 17.7 Å². The molecular formula is C22H20ClN7O2S. The van der Waals surface area contributed by atoms with E-state index in [2.05, 4.69) is 35.3 Å². The monoisotopic (exact) mass is 481 g/mol. The molecule has 33 heavy (non-hydrogen) atoms. The maximum atomic E-state index is 12.8. The van der Waals surface area contributed by atoms with E-state index in [0.717, 1.165) is 16.4 Å². The number of para-hydroxylation sites is 1. The van der Waals surface area contributed by atoms with Gasteiger partial charge in [0.25, 0.3) is 5.91 Å². The van der Waals surface area contributed by atoms with Crippen LogP contribution in [-0.4, -0.2) is 38.9 Å². The minimum Gasteiger partial charge on any atom is -0.493 e. The first-order chi connectivity index (χ1) is 16.0. The zero-order valence-corrected chi connectivity index (χ0v) is 19.4. The molecule has 0 unspecified atom stereocenters. The van der Waals surface area contributed by atoms with E-state index in [-0.39, 0.29) is 5.91 Å². The molecule has 1 aromatic carbocycles. The van der Waals surface area contributed by atoms with Crippen molar-refractivity contribution in [3.63, 3.8) is 0 Å². The van der Waals surface area contributed by atoms with E-state index in [0.29, 0.717) is 58.0 Å². The number of ether oxygens (including phenoxy) is 1. The van der Waals surface area contributed by atoms with Gasteiger partial charge in [-0.15, -0.1) is 0 Å². The van der Waals surface area contributed by atoms with E-state index in [9.17, 15) is 4.79 Å². The lowest BCUT2D eigenvalue weighted by Crippen LogP contribution is -2.31. The Morgan fingerprint density at radius 2 is 2.12 bits per heavy atom. The van der Waals surface area contributed by atoms with Gasteiger partial charge in [0, 0.05) is 24.9 Å². The fourth-order valence-electron chi connectivity index (χ4n) is 3.74. The summed E-state index contributed by atoms with van der Waals surface area (Å²) in [6, 6.07) is 9.12. The fraction of sp³-hybridized carbons (Fsp3) is 0.182. The molecule has 1 amide bonds. The second-order valence-corrected chi connectivity index (χ2v) is 8.62. The van der Waals surface area contributed by atoms with Gasteiger partial charge < -0.3 is 25.7 Å². The molecule has 3 aromatic heterocycles. The van der Waals surface area contributed by atoms with Crippen molar-refractivity contribution < 1.29 is 9.53 Å². The first-order valence-corrected chi connectivity index (χ1v) is 11.3. The predicted molar refractivity (Wildman–Crippen MR) is 129 cm³/mol. The van der Waals surface area contributed by atoms with E-state index in [1.165, 1.54) is 11.5 Å². The molecule has 0 fully saturated rings. The normalized spacial score (nSPS) is 12.8. The molecule has 0 saturated heterocycles. The van der Waals surface area contributed by atoms with Crippen LogP contribution in [0.25, 0.3) is 11.4 Å². The minimum absolute atomic E-state index is 0.158. The second-order valence-electron chi connectivity index (χ2n) is 7.40. The van der Waals surface area contributed by atoms with E-state index in [4.69, 9.17) is 16.3 Å². The number of nitrogens with zero attached hydrogens (tertiary/aromatic N) is 3. The number of H-pyrrole nitrogens is 1. The third-order valence-electron chi connectivity index (χ3n) is 5.17. The zero-order valence-electron chi connectivity index (χ0n) is 17.8. The molecule has 1 aliphatic rings. The van der Waals surface area contributed by atoms with Crippen LogP contribution in [0.2, 0.25) is 5.02 Å². The predicted octanol–water partition coefficient (Wildman–Crippen LogP) is 4.67. The van der Waals surface area contributed by atoms with Crippen molar-refractivity contribution in [2.24, 2.45) is 0 Å². The summed E-state index contributed by atoms with van der Waals surface area (Å²) in [5, 5.41) is 10.8. The molecule has 4 aromatic rings. The van der Waals surface area contributed by atoms with Gasteiger partial charge in [-0.25, -0.2) is 9.97 Å². The van der Waals surface area contributed by atoms with E-state index in [1.54, 1.807) is 25.4 Å². The van der Waals surface area contributed by atoms with Crippen molar-refractivity contribution in [1.82, 2.24) is 24.6 Å². The van der Waals surface area contributed by atoms with Crippen LogP contribution < -0.4 is 20.7 Å². The Balaban J connectivity index is 1.59. The summed E-state index contributed by atoms with van der Waals surface area (Å²) in [6.45, 7) is 2.49. The van der Waals surface area contributed by atoms with Gasteiger partial charge in [0.2, 0.25) is 5.95 Å². The van der Waals surface area contributed by atoms with E-state index >= 15 is 0 Å². The summed E-state index contributed by atoms with van der Waals surface area (Å²) in [6.07, 6.45) is 2.35. The summed E-state index contributed by atoms with van der Waals surface area (Å²) in [4.78, 5) is 25.2. The average molecular weight is 482 g/mol. The van der Waals surface area contributed by atoms with Gasteiger partial charge >= 0.3 is 0 Å². The minimum atomic E-state index is -0.158. The molecule has 4 N–H and O–H groups in total. The highest BCUT2D eigenvalue weighted by Crippen LogP contribution is 2.40. The maximum Gasteiger partial charge on any atom is 0.255 e. The van der Waals surface area contributed by atoms with Crippen molar-refractivity contribution in [3.8, 4) is 17.1 Å². The molecule has 0 bridgehead atoms. The lowest BCUT2D eigenvalue weighted by molar-refractivity contribution is 0.0947. The largest absolute Gasteiger partial charge is 0.493 e. The molecule has 0 spiro atoms. The molecule has 0 saturated carbocycles. The topological polar surface area (TPSA) is 117 Å². The van der Waals surface area contributed by atoms with Crippen molar-refractivity contribution in [2.45, 2.75) is 13.3 Å². The molecule has 0 atom stereocenters. The molecule has 168 valence electrons. The number of hydrogen-bond acceptors (Lipinski definition) is 8. The van der Waals surface area contributed by atoms with E-state index in [1.807, 2.05) is 25.1 Å². The Morgan fingerprint density at radius 3 is 2.91 bits per heavy atom. The molecule has 11 heteroatoms. The highest BCUT2D eigenvalue weighted by molar-refractivity contribution is 7.10. The Labute approximate surface area is 198 Å². The molecule has 9 nitrogen and oxygen atoms in total. The molecular weight excluding hydrogens is 462 g/mol. The molecule has 5 rings (SSSR count). The van der Waals surface area contributed by atoms with Crippen LogP contribution in [0.4, 0.5) is 22.3 Å². The Hall–Kier alpha value is -3.63. The van der Waals surface area contributed by atoms with Crippen LogP contribution >= 0.6 is 23.1 Å². The van der Waals surface area contributed by atoms with Crippen LogP contribution in [-0.2, 0) is 6.42 Å². The van der Waals surface area contributed by atoms with Crippen LogP contribution in [0.3, 0.4) is 0 Å². The van der Waals surface area contributed by atoms with Gasteiger partial charge in [-0.3, -0.25) is 4.79 Å². The molecule has 1 aliphatic heterocycles. The number of aromatic nitrogens is 4. The number of aryl methyl sites for hydroxylation is 1. The van der Waals surface area contributed by atoms with Gasteiger partial charge in [-0.05, 0) is 42.7 Å². The first-order valence-electron chi connectivity index (χ1n) is 10.2. The maximum absolute atomic E-state index is 12.8. The lowest BCUT2D eigenvalue weighted by atomic mass is 10.1. The third-order valence-corrected chi connectivity index (χ3v) is 6.26. The Bertz CT molecular complexity index is 1350. The van der Waals surface area contributed by atoms with Crippen molar-refractivity contribution in [3.05, 3.63) is 58.5 Å². The molecule has 0 aliphatic carbocycles. The average Bonchev–Trinajstić information content (AvgIpc) is 3.38. The number of anilines is 4. The number of methoxy groups -OCH3 is 1. The number of hydrogen-bond donors (Lipinski definition) is 4. The number of halogens is 1. The third kappa shape index (κ3) is 4.10. The van der Waals surface area contributed by atoms with E-state index < -0.39 is 0 Å². The highest BCUT2D eigenvalue weighted by Gasteiger charge is 2.28. The van der Waals surface area contributed by atoms with Crippen LogP contribution in [0.1, 0.15) is 21.7 Å². The van der Waals surface area contributed by atoms with Crippen LogP contribution in [0.5, 0.6) is 5.75 Å². The number of carbonyl (C=O) groups excluding carboxylic acids is 1. The fourth-order valence-corrected chi connectivity index (χ4v) is 4.64. The summed E-state index contributed by atoms with van der Waals surface area (Å²) in [5.41, 5.74) is 4.83. The summed E-state index contributed by atoms with van der Waals surface area (Å²) >= 11 is 7.65. The number of nitrogens with one attached hydrogen (secondary N) is 4. The van der Waals surface area contributed by atoms with Crippen LogP contribution in [0.15, 0.2) is 36.5 Å². The number of benzene rings is 1.